The number of ether oxygens (including phenoxy) is 2. The van der Waals surface area contributed by atoms with Gasteiger partial charge in [0.25, 0.3) is 0 Å². The summed E-state index contributed by atoms with van der Waals surface area (Å²) < 4.78 is 11.0. The van der Waals surface area contributed by atoms with E-state index in [1.165, 1.54) is 0 Å². The number of hydrogen-bond donors (Lipinski definition) is 0. The summed E-state index contributed by atoms with van der Waals surface area (Å²) in [5.41, 5.74) is 1.06. The fourth-order valence-corrected chi connectivity index (χ4v) is 1.59. The Morgan fingerprint density at radius 2 is 2.14 bits per heavy atom. The van der Waals surface area contributed by atoms with Crippen molar-refractivity contribution in [1.29, 1.82) is 0 Å². The van der Waals surface area contributed by atoms with Crippen LogP contribution in [0, 0.1) is 6.42 Å². The van der Waals surface area contributed by atoms with Crippen molar-refractivity contribution >= 4 is 0 Å². The third-order valence-electron chi connectivity index (χ3n) is 2.42. The lowest BCUT2D eigenvalue weighted by Gasteiger charge is -2.32. The van der Waals surface area contributed by atoms with Gasteiger partial charge in [-0.05, 0) is 38.3 Å². The standard InChI is InChI=1S/C12H15O2/c1-12(2)7-6-9-4-5-10(13-3)8-11(9)14-12/h4-6,8H,7H2,1-3H3. The molecule has 0 bridgehead atoms. The molecule has 2 nitrogen and oxygen atoms in total. The highest BCUT2D eigenvalue weighted by Crippen LogP contribution is 2.36. The van der Waals surface area contributed by atoms with E-state index >= 15 is 0 Å². The molecule has 0 fully saturated rings. The van der Waals surface area contributed by atoms with Gasteiger partial charge in [-0.1, -0.05) is 6.07 Å². The van der Waals surface area contributed by atoms with Gasteiger partial charge < -0.3 is 9.47 Å². The van der Waals surface area contributed by atoms with Crippen LogP contribution >= 0.6 is 0 Å². The molecule has 1 aliphatic rings. The summed E-state index contributed by atoms with van der Waals surface area (Å²) in [4.78, 5) is 0. The van der Waals surface area contributed by atoms with Crippen molar-refractivity contribution in [2.45, 2.75) is 25.9 Å². The zero-order valence-electron chi connectivity index (χ0n) is 8.83. The minimum absolute atomic E-state index is 0.0979. The molecular weight excluding hydrogens is 176 g/mol. The Morgan fingerprint density at radius 1 is 1.36 bits per heavy atom. The number of methoxy groups -OCH3 is 1. The monoisotopic (exact) mass is 191 g/mol. The summed E-state index contributed by atoms with van der Waals surface area (Å²) in [6, 6.07) is 5.92. The van der Waals surface area contributed by atoms with Crippen LogP contribution in [0.1, 0.15) is 25.8 Å². The Balaban J connectivity index is 2.34. The van der Waals surface area contributed by atoms with Crippen molar-refractivity contribution in [3.8, 4) is 11.5 Å². The van der Waals surface area contributed by atoms with Gasteiger partial charge in [-0.15, -0.1) is 0 Å². The smallest absolute Gasteiger partial charge is 0.127 e. The number of benzene rings is 1. The quantitative estimate of drug-likeness (QED) is 0.679. The molecule has 0 aliphatic carbocycles. The SMILES string of the molecule is COc1ccc2c(c1)OC(C)(C)C[CH]2. The first-order chi connectivity index (χ1) is 6.61. The van der Waals surface area contributed by atoms with E-state index in [2.05, 4.69) is 20.3 Å². The molecule has 2 rings (SSSR count). The fraction of sp³-hybridized carbons (Fsp3) is 0.417. The van der Waals surface area contributed by atoms with Crippen LogP contribution in [0.4, 0.5) is 0 Å². The van der Waals surface area contributed by atoms with Crippen molar-refractivity contribution in [3.05, 3.63) is 30.2 Å². The summed E-state index contributed by atoms with van der Waals surface area (Å²) in [6.45, 7) is 4.18. The summed E-state index contributed by atoms with van der Waals surface area (Å²) in [7, 11) is 1.67. The molecule has 2 heteroatoms. The van der Waals surface area contributed by atoms with Gasteiger partial charge in [-0.2, -0.15) is 0 Å². The highest BCUT2D eigenvalue weighted by Gasteiger charge is 2.26. The van der Waals surface area contributed by atoms with Gasteiger partial charge in [0.1, 0.15) is 17.1 Å². The normalized spacial score (nSPS) is 18.2. The van der Waals surface area contributed by atoms with Crippen LogP contribution in [0.15, 0.2) is 18.2 Å². The molecule has 1 heterocycles. The molecule has 75 valence electrons. The van der Waals surface area contributed by atoms with E-state index < -0.39 is 0 Å². The molecule has 1 aromatic carbocycles. The molecule has 1 aromatic rings. The Bertz CT molecular complexity index is 342. The summed E-state index contributed by atoms with van der Waals surface area (Å²) in [6.07, 6.45) is 3.16. The molecule has 0 saturated carbocycles. The maximum atomic E-state index is 5.85. The van der Waals surface area contributed by atoms with E-state index in [0.29, 0.717) is 0 Å². The second-order valence-electron chi connectivity index (χ2n) is 4.17. The number of fused-ring (bicyclic) bond motifs is 1. The van der Waals surface area contributed by atoms with E-state index in [9.17, 15) is 0 Å². The molecule has 0 atom stereocenters. The zero-order chi connectivity index (χ0) is 10.2. The molecule has 0 aromatic heterocycles. The van der Waals surface area contributed by atoms with Gasteiger partial charge in [0.05, 0.1) is 7.11 Å². The molecule has 1 aliphatic heterocycles. The maximum absolute atomic E-state index is 5.85. The largest absolute Gasteiger partial charge is 0.497 e. The van der Waals surface area contributed by atoms with Gasteiger partial charge in [0.2, 0.25) is 0 Å². The first-order valence-electron chi connectivity index (χ1n) is 4.81. The van der Waals surface area contributed by atoms with E-state index in [0.717, 1.165) is 23.5 Å². The van der Waals surface area contributed by atoms with Crippen molar-refractivity contribution < 1.29 is 9.47 Å². The molecule has 0 N–H and O–H groups in total. The van der Waals surface area contributed by atoms with Gasteiger partial charge in [0, 0.05) is 6.07 Å². The van der Waals surface area contributed by atoms with Crippen molar-refractivity contribution in [1.82, 2.24) is 0 Å². The van der Waals surface area contributed by atoms with Crippen LogP contribution < -0.4 is 9.47 Å². The zero-order valence-corrected chi connectivity index (χ0v) is 8.83. The third-order valence-corrected chi connectivity index (χ3v) is 2.42. The average Bonchev–Trinajstić information content (AvgIpc) is 2.15. The first kappa shape index (κ1) is 9.38. The van der Waals surface area contributed by atoms with Crippen molar-refractivity contribution in [3.63, 3.8) is 0 Å². The Hall–Kier alpha value is -1.18. The second-order valence-corrected chi connectivity index (χ2v) is 4.17. The summed E-state index contributed by atoms with van der Waals surface area (Å²) in [5.74, 6) is 1.76. The molecule has 0 spiro atoms. The lowest BCUT2D eigenvalue weighted by Crippen LogP contribution is -2.31. The van der Waals surface area contributed by atoms with Gasteiger partial charge >= 0.3 is 0 Å². The predicted octanol–water partition coefficient (Wildman–Crippen LogP) is 2.81. The van der Waals surface area contributed by atoms with E-state index in [1.807, 2.05) is 18.2 Å². The van der Waals surface area contributed by atoms with Crippen molar-refractivity contribution in [2.24, 2.45) is 0 Å². The maximum Gasteiger partial charge on any atom is 0.127 e. The number of rotatable bonds is 1. The van der Waals surface area contributed by atoms with Gasteiger partial charge in [-0.25, -0.2) is 0 Å². The topological polar surface area (TPSA) is 18.5 Å². The van der Waals surface area contributed by atoms with E-state index in [-0.39, 0.29) is 5.60 Å². The van der Waals surface area contributed by atoms with Gasteiger partial charge in [0.15, 0.2) is 0 Å². The predicted molar refractivity (Wildman–Crippen MR) is 55.7 cm³/mol. The van der Waals surface area contributed by atoms with Gasteiger partial charge in [-0.3, -0.25) is 0 Å². The van der Waals surface area contributed by atoms with Crippen LogP contribution in [0.3, 0.4) is 0 Å². The second kappa shape index (κ2) is 3.19. The van der Waals surface area contributed by atoms with E-state index in [4.69, 9.17) is 9.47 Å². The molecular formula is C12H15O2. The van der Waals surface area contributed by atoms with Crippen LogP contribution in [0.5, 0.6) is 11.5 Å². The minimum atomic E-state index is -0.0979. The van der Waals surface area contributed by atoms with Crippen LogP contribution in [-0.4, -0.2) is 12.7 Å². The molecule has 0 amide bonds. The summed E-state index contributed by atoms with van der Waals surface area (Å²) >= 11 is 0. The molecule has 0 unspecified atom stereocenters. The number of hydrogen-bond acceptors (Lipinski definition) is 2. The fourth-order valence-electron chi connectivity index (χ4n) is 1.59. The average molecular weight is 191 g/mol. The molecule has 1 radical (unpaired) electrons. The molecule has 14 heavy (non-hydrogen) atoms. The van der Waals surface area contributed by atoms with Crippen molar-refractivity contribution in [2.75, 3.05) is 7.11 Å². The lowest BCUT2D eigenvalue weighted by atomic mass is 9.94. The van der Waals surface area contributed by atoms with Crippen LogP contribution in [-0.2, 0) is 0 Å². The van der Waals surface area contributed by atoms with Crippen LogP contribution in [0.2, 0.25) is 0 Å². The third kappa shape index (κ3) is 1.69. The Morgan fingerprint density at radius 3 is 2.86 bits per heavy atom. The highest BCUT2D eigenvalue weighted by atomic mass is 16.5. The lowest BCUT2D eigenvalue weighted by molar-refractivity contribution is 0.0984. The van der Waals surface area contributed by atoms with E-state index in [1.54, 1.807) is 7.11 Å². The first-order valence-corrected chi connectivity index (χ1v) is 4.81. The molecule has 0 saturated heterocycles. The summed E-state index contributed by atoms with van der Waals surface area (Å²) in [5, 5.41) is 0. The Labute approximate surface area is 84.8 Å². The minimum Gasteiger partial charge on any atom is -0.497 e. The van der Waals surface area contributed by atoms with Crippen LogP contribution in [0.25, 0.3) is 0 Å². The Kier molecular flexibility index (Phi) is 2.14. The highest BCUT2D eigenvalue weighted by molar-refractivity contribution is 5.46.